The smallest absolute Gasteiger partial charge is 0.202 e. The largest absolute Gasteiger partial charge is 0.316 e. The molecule has 24 heavy (non-hydrogen) atoms. The quantitative estimate of drug-likeness (QED) is 0.600. The van der Waals surface area contributed by atoms with E-state index in [4.69, 9.17) is 5.41 Å². The first-order valence-electron chi connectivity index (χ1n) is 8.77. The van der Waals surface area contributed by atoms with Gasteiger partial charge >= 0.3 is 0 Å². The predicted octanol–water partition coefficient (Wildman–Crippen LogP) is 5.27. The number of aryl methyl sites for hydroxylation is 1. The van der Waals surface area contributed by atoms with E-state index in [1.54, 1.807) is 0 Å². The Kier molecular flexibility index (Phi) is 6.02. The van der Waals surface area contributed by atoms with Gasteiger partial charge < -0.3 is 9.80 Å². The topological polar surface area (TPSA) is 30.3 Å². The normalized spacial score (nSPS) is 10.8. The Hall–Kier alpha value is -2.29. The van der Waals surface area contributed by atoms with Crippen LogP contribution in [-0.4, -0.2) is 19.6 Å². The molecule has 3 heteroatoms. The van der Waals surface area contributed by atoms with Crippen LogP contribution in [0.4, 0.5) is 11.4 Å². The van der Waals surface area contributed by atoms with Crippen LogP contribution in [0.2, 0.25) is 0 Å². The summed E-state index contributed by atoms with van der Waals surface area (Å²) in [4.78, 5) is 4.04. The molecule has 0 heterocycles. The van der Waals surface area contributed by atoms with E-state index in [0.29, 0.717) is 11.9 Å². The molecule has 0 saturated carbocycles. The molecule has 0 aliphatic rings. The van der Waals surface area contributed by atoms with Crippen molar-refractivity contribution in [1.29, 1.82) is 5.41 Å². The van der Waals surface area contributed by atoms with Gasteiger partial charge in [0, 0.05) is 25.0 Å². The van der Waals surface area contributed by atoms with Gasteiger partial charge in [-0.1, -0.05) is 51.1 Å². The number of hydrogen-bond acceptors (Lipinski definition) is 1. The zero-order valence-corrected chi connectivity index (χ0v) is 15.5. The van der Waals surface area contributed by atoms with Crippen LogP contribution in [0.15, 0.2) is 48.5 Å². The number of hydrogen-bond donors (Lipinski definition) is 1. The van der Waals surface area contributed by atoms with Crippen LogP contribution < -0.4 is 9.80 Å². The molecule has 2 rings (SSSR count). The van der Waals surface area contributed by atoms with E-state index in [1.165, 1.54) is 11.1 Å². The average molecular weight is 323 g/mol. The monoisotopic (exact) mass is 323 g/mol. The first kappa shape index (κ1) is 18.1. The Morgan fingerprint density at radius 3 is 2.38 bits per heavy atom. The summed E-state index contributed by atoms with van der Waals surface area (Å²) in [5.41, 5.74) is 4.75. The van der Waals surface area contributed by atoms with E-state index in [0.717, 1.165) is 24.3 Å². The molecule has 0 atom stereocenters. The molecule has 2 aromatic rings. The number of guanidine groups is 1. The lowest BCUT2D eigenvalue weighted by atomic mass is 10.0. The van der Waals surface area contributed by atoms with Crippen molar-refractivity contribution in [3.8, 4) is 0 Å². The highest BCUT2D eigenvalue weighted by Gasteiger charge is 2.19. The third kappa shape index (κ3) is 3.78. The lowest BCUT2D eigenvalue weighted by Crippen LogP contribution is -2.42. The molecule has 0 fully saturated rings. The highest BCUT2D eigenvalue weighted by atomic mass is 15.3. The van der Waals surface area contributed by atoms with Gasteiger partial charge in [-0.3, -0.25) is 5.41 Å². The zero-order valence-electron chi connectivity index (χ0n) is 15.5. The van der Waals surface area contributed by atoms with Gasteiger partial charge in [0.05, 0.1) is 0 Å². The van der Waals surface area contributed by atoms with E-state index in [9.17, 15) is 0 Å². The SMILES string of the molecule is CCc1cccc(N(C)C(=N)N(CC)c2ccccc2C(C)C)c1. The molecule has 0 amide bonds. The Morgan fingerprint density at radius 2 is 1.75 bits per heavy atom. The van der Waals surface area contributed by atoms with E-state index in [2.05, 4.69) is 81.1 Å². The summed E-state index contributed by atoms with van der Waals surface area (Å²) in [6, 6.07) is 16.8. The Balaban J connectivity index is 2.35. The van der Waals surface area contributed by atoms with Crippen molar-refractivity contribution in [3.63, 3.8) is 0 Å². The van der Waals surface area contributed by atoms with Gasteiger partial charge in [0.2, 0.25) is 5.96 Å². The molecule has 0 aromatic heterocycles. The second-order valence-corrected chi connectivity index (χ2v) is 6.36. The fraction of sp³-hybridized carbons (Fsp3) is 0.381. The molecule has 0 spiro atoms. The summed E-state index contributed by atoms with van der Waals surface area (Å²) in [6.07, 6.45) is 1.00. The van der Waals surface area contributed by atoms with Crippen LogP contribution in [0.3, 0.4) is 0 Å². The van der Waals surface area contributed by atoms with Crippen LogP contribution >= 0.6 is 0 Å². The van der Waals surface area contributed by atoms with Gasteiger partial charge in [-0.05, 0) is 48.6 Å². The molecule has 0 aliphatic heterocycles. The number of nitrogens with zero attached hydrogens (tertiary/aromatic N) is 2. The fourth-order valence-electron chi connectivity index (χ4n) is 2.94. The van der Waals surface area contributed by atoms with Gasteiger partial charge in [0.1, 0.15) is 0 Å². The molecule has 3 nitrogen and oxygen atoms in total. The standard InChI is InChI=1S/C21H29N3/c1-6-17-11-10-12-18(15-17)23(5)21(22)24(7-2)20-14-9-8-13-19(20)16(3)4/h8-16,22H,6-7H2,1-5H3. The number of benzene rings is 2. The van der Waals surface area contributed by atoms with Crippen LogP contribution in [0.25, 0.3) is 0 Å². The first-order valence-corrected chi connectivity index (χ1v) is 8.77. The average Bonchev–Trinajstić information content (AvgIpc) is 2.61. The highest BCUT2D eigenvalue weighted by molar-refractivity contribution is 6.05. The maximum absolute atomic E-state index is 8.74. The lowest BCUT2D eigenvalue weighted by molar-refractivity contribution is 0.855. The van der Waals surface area contributed by atoms with Crippen molar-refractivity contribution < 1.29 is 0 Å². The summed E-state index contributed by atoms with van der Waals surface area (Å²) in [5.74, 6) is 0.927. The molecule has 0 bridgehead atoms. The van der Waals surface area contributed by atoms with Crippen LogP contribution in [-0.2, 0) is 6.42 Å². The minimum atomic E-state index is 0.428. The number of nitrogens with one attached hydrogen (secondary N) is 1. The minimum Gasteiger partial charge on any atom is -0.316 e. The van der Waals surface area contributed by atoms with Crippen LogP contribution in [0, 0.1) is 5.41 Å². The summed E-state index contributed by atoms with van der Waals surface area (Å²) in [6.45, 7) is 9.42. The molecular formula is C21H29N3. The second kappa shape index (κ2) is 8.00. The maximum atomic E-state index is 8.74. The molecular weight excluding hydrogens is 294 g/mol. The number of para-hydroxylation sites is 1. The molecule has 0 saturated heterocycles. The summed E-state index contributed by atoms with van der Waals surface area (Å²) in [5, 5.41) is 8.74. The summed E-state index contributed by atoms with van der Waals surface area (Å²) >= 11 is 0. The van der Waals surface area contributed by atoms with Crippen molar-refractivity contribution in [2.45, 2.75) is 40.0 Å². The van der Waals surface area contributed by atoms with Crippen molar-refractivity contribution in [2.24, 2.45) is 0 Å². The van der Waals surface area contributed by atoms with E-state index >= 15 is 0 Å². The molecule has 128 valence electrons. The molecule has 0 radical (unpaired) electrons. The minimum absolute atomic E-state index is 0.428. The van der Waals surface area contributed by atoms with E-state index in [-0.39, 0.29) is 0 Å². The van der Waals surface area contributed by atoms with Gasteiger partial charge in [-0.25, -0.2) is 0 Å². The third-order valence-corrected chi connectivity index (χ3v) is 4.45. The van der Waals surface area contributed by atoms with E-state index < -0.39 is 0 Å². The number of rotatable bonds is 5. The maximum Gasteiger partial charge on any atom is 0.202 e. The van der Waals surface area contributed by atoms with Crippen molar-refractivity contribution in [3.05, 3.63) is 59.7 Å². The first-order chi connectivity index (χ1) is 11.5. The van der Waals surface area contributed by atoms with Crippen molar-refractivity contribution in [2.75, 3.05) is 23.4 Å². The van der Waals surface area contributed by atoms with Gasteiger partial charge in [-0.2, -0.15) is 0 Å². The zero-order chi connectivity index (χ0) is 17.7. The van der Waals surface area contributed by atoms with Crippen molar-refractivity contribution in [1.82, 2.24) is 0 Å². The summed E-state index contributed by atoms with van der Waals surface area (Å²) < 4.78 is 0. The van der Waals surface area contributed by atoms with Gasteiger partial charge in [0.15, 0.2) is 0 Å². The Bertz CT molecular complexity index is 691. The number of anilines is 2. The van der Waals surface area contributed by atoms with Crippen molar-refractivity contribution >= 4 is 17.3 Å². The molecule has 0 aliphatic carbocycles. The van der Waals surface area contributed by atoms with Crippen LogP contribution in [0.1, 0.15) is 44.7 Å². The molecule has 1 N–H and O–H groups in total. The molecule has 2 aromatic carbocycles. The lowest BCUT2D eigenvalue weighted by Gasteiger charge is -2.32. The highest BCUT2D eigenvalue weighted by Crippen LogP contribution is 2.28. The van der Waals surface area contributed by atoms with Crippen LogP contribution in [0.5, 0.6) is 0 Å². The predicted molar refractivity (Wildman–Crippen MR) is 106 cm³/mol. The van der Waals surface area contributed by atoms with Gasteiger partial charge in [-0.15, -0.1) is 0 Å². The third-order valence-electron chi connectivity index (χ3n) is 4.45. The Labute approximate surface area is 146 Å². The summed E-state index contributed by atoms with van der Waals surface area (Å²) in [7, 11) is 1.97. The fourth-order valence-corrected chi connectivity index (χ4v) is 2.94. The Morgan fingerprint density at radius 1 is 1.04 bits per heavy atom. The second-order valence-electron chi connectivity index (χ2n) is 6.36. The van der Waals surface area contributed by atoms with E-state index in [1.807, 2.05) is 11.9 Å². The molecule has 0 unspecified atom stereocenters. The van der Waals surface area contributed by atoms with Gasteiger partial charge in [0.25, 0.3) is 0 Å².